The van der Waals surface area contributed by atoms with Crippen molar-refractivity contribution in [1.29, 1.82) is 0 Å². The molecule has 2 rings (SSSR count). The molecule has 2 aromatic rings. The quantitative estimate of drug-likeness (QED) is 0.177. The predicted octanol–water partition coefficient (Wildman–Crippen LogP) is 3.34. The van der Waals surface area contributed by atoms with Gasteiger partial charge in [0, 0.05) is 6.54 Å². The third-order valence-electron chi connectivity index (χ3n) is 4.94. The lowest BCUT2D eigenvalue weighted by Crippen LogP contribution is -2.39. The number of oxime groups is 1. The molecule has 0 saturated carbocycles. The Morgan fingerprint density at radius 2 is 2.03 bits per heavy atom. The lowest BCUT2D eigenvalue weighted by atomic mass is 10.2. The fourth-order valence-corrected chi connectivity index (χ4v) is 5.23. The molecule has 0 saturated heterocycles. The molecule has 0 bridgehead atoms. The van der Waals surface area contributed by atoms with Gasteiger partial charge in [-0.05, 0) is 34.1 Å². The maximum Gasteiger partial charge on any atom is 0.367 e. The van der Waals surface area contributed by atoms with E-state index in [1.54, 1.807) is 31.7 Å². The molecule has 184 valence electrons. The van der Waals surface area contributed by atoms with Gasteiger partial charge in [0.2, 0.25) is 0 Å². The molecule has 33 heavy (non-hydrogen) atoms. The van der Waals surface area contributed by atoms with E-state index in [1.165, 1.54) is 17.9 Å². The molecule has 13 heteroatoms. The first-order valence-electron chi connectivity index (χ1n) is 10.9. The summed E-state index contributed by atoms with van der Waals surface area (Å²) in [5, 5.41) is 13.5. The Bertz CT molecular complexity index is 1010. The molecule has 0 amide bonds. The Balaban J connectivity index is 2.20. The van der Waals surface area contributed by atoms with Crippen LogP contribution in [0.1, 0.15) is 53.9 Å². The fourth-order valence-electron chi connectivity index (χ4n) is 3.13. The molecule has 0 fully saturated rings. The van der Waals surface area contributed by atoms with Crippen molar-refractivity contribution >= 4 is 36.2 Å². The van der Waals surface area contributed by atoms with Crippen LogP contribution in [0, 0.1) is 0 Å². The molecule has 1 unspecified atom stereocenters. The van der Waals surface area contributed by atoms with Crippen LogP contribution in [0.5, 0.6) is 0 Å². The number of unbranched alkanes of at least 4 members (excludes halogenated alkanes) is 2. The van der Waals surface area contributed by atoms with Gasteiger partial charge in [0.05, 0.1) is 24.7 Å². The standard InChI is InChI=1S/C20H34N7O5P/c1-6-7-8-9-27(16(5)20(28)29)33(30,32-25-14(2)3)13-31-15(4)10-26-12-24-17-18(21)22-11-23-19(17)26/h11-12,15-16H,6-10,13H2,1-5H3,(H,28,29)(H2,21,22,23)/t15-,16+,33?/m1/s1. The topological polar surface area (TPSA) is 158 Å². The lowest BCUT2D eigenvalue weighted by Gasteiger charge is -2.32. The summed E-state index contributed by atoms with van der Waals surface area (Å²) in [6.07, 6.45) is 4.68. The zero-order valence-electron chi connectivity index (χ0n) is 19.8. The number of anilines is 1. The van der Waals surface area contributed by atoms with Gasteiger partial charge in [-0.25, -0.2) is 19.6 Å². The second-order valence-corrected chi connectivity index (χ2v) is 10.3. The van der Waals surface area contributed by atoms with Crippen LogP contribution in [0.25, 0.3) is 11.2 Å². The highest BCUT2D eigenvalue weighted by atomic mass is 31.2. The van der Waals surface area contributed by atoms with Crippen LogP contribution in [-0.2, 0) is 25.3 Å². The molecule has 2 aromatic heterocycles. The monoisotopic (exact) mass is 483 g/mol. The Hall–Kier alpha value is -2.56. The van der Waals surface area contributed by atoms with Crippen molar-refractivity contribution < 1.29 is 23.8 Å². The Morgan fingerprint density at radius 1 is 1.30 bits per heavy atom. The molecule has 0 radical (unpaired) electrons. The summed E-state index contributed by atoms with van der Waals surface area (Å²) in [5.41, 5.74) is 7.44. The van der Waals surface area contributed by atoms with Gasteiger partial charge in [-0.1, -0.05) is 24.9 Å². The number of nitrogens with zero attached hydrogens (tertiary/aromatic N) is 6. The number of aliphatic carboxylic acids is 1. The SMILES string of the molecule is CCCCCN([C@@H](C)C(=O)O)P(=O)(CO[C@H](C)Cn1cnc2c(N)ncnc21)ON=C(C)C. The summed E-state index contributed by atoms with van der Waals surface area (Å²) >= 11 is 0. The number of carbonyl (C=O) groups is 1. The molecule has 0 aliphatic carbocycles. The fraction of sp³-hybridized carbons (Fsp3) is 0.650. The van der Waals surface area contributed by atoms with Crippen molar-refractivity contribution in [2.45, 2.75) is 72.6 Å². The van der Waals surface area contributed by atoms with E-state index < -0.39 is 25.6 Å². The van der Waals surface area contributed by atoms with Crippen molar-refractivity contribution in [3.63, 3.8) is 0 Å². The number of carboxylic acids is 1. The maximum atomic E-state index is 13.9. The second kappa shape index (κ2) is 12.1. The number of hydrogen-bond acceptors (Lipinski definition) is 9. The molecule has 0 spiro atoms. The van der Waals surface area contributed by atoms with Crippen LogP contribution in [0.2, 0.25) is 0 Å². The van der Waals surface area contributed by atoms with Crippen molar-refractivity contribution in [1.82, 2.24) is 24.2 Å². The molecule has 0 aromatic carbocycles. The Kier molecular flexibility index (Phi) is 9.75. The number of ether oxygens (including phenoxy) is 1. The van der Waals surface area contributed by atoms with Crippen molar-refractivity contribution in [2.24, 2.45) is 5.16 Å². The second-order valence-electron chi connectivity index (χ2n) is 8.08. The van der Waals surface area contributed by atoms with E-state index in [0.29, 0.717) is 29.8 Å². The van der Waals surface area contributed by atoms with Crippen LogP contribution < -0.4 is 5.73 Å². The highest BCUT2D eigenvalue weighted by Crippen LogP contribution is 2.53. The highest BCUT2D eigenvalue weighted by Gasteiger charge is 2.40. The van der Waals surface area contributed by atoms with Gasteiger partial charge in [0.15, 0.2) is 11.5 Å². The smallest absolute Gasteiger partial charge is 0.367 e. The van der Waals surface area contributed by atoms with E-state index in [-0.39, 0.29) is 18.7 Å². The number of aromatic nitrogens is 4. The van der Waals surface area contributed by atoms with Gasteiger partial charge in [0.1, 0.15) is 24.2 Å². The summed E-state index contributed by atoms with van der Waals surface area (Å²) in [6.45, 7) is 9.37. The van der Waals surface area contributed by atoms with Crippen LogP contribution in [0.4, 0.5) is 5.82 Å². The van der Waals surface area contributed by atoms with Gasteiger partial charge < -0.3 is 24.8 Å². The lowest BCUT2D eigenvalue weighted by molar-refractivity contribution is -0.141. The summed E-state index contributed by atoms with van der Waals surface area (Å²) in [6, 6.07) is -1.03. The van der Waals surface area contributed by atoms with E-state index in [9.17, 15) is 14.5 Å². The average Bonchev–Trinajstić information content (AvgIpc) is 3.17. The molecule has 0 aliphatic heterocycles. The maximum absolute atomic E-state index is 13.9. The zero-order valence-corrected chi connectivity index (χ0v) is 20.7. The van der Waals surface area contributed by atoms with E-state index in [4.69, 9.17) is 15.1 Å². The largest absolute Gasteiger partial charge is 0.480 e. The molecule has 3 N–H and O–H groups in total. The number of nitrogens with two attached hydrogens (primary N) is 1. The van der Waals surface area contributed by atoms with Gasteiger partial charge in [-0.2, -0.15) is 0 Å². The van der Waals surface area contributed by atoms with Gasteiger partial charge in [-0.3, -0.25) is 9.36 Å². The van der Waals surface area contributed by atoms with Gasteiger partial charge >= 0.3 is 13.5 Å². The van der Waals surface area contributed by atoms with Crippen molar-refractivity contribution in [3.05, 3.63) is 12.7 Å². The van der Waals surface area contributed by atoms with E-state index in [2.05, 4.69) is 20.1 Å². The summed E-state index contributed by atoms with van der Waals surface area (Å²) in [5.74, 6) is -0.814. The van der Waals surface area contributed by atoms with E-state index in [0.717, 1.165) is 12.8 Å². The minimum Gasteiger partial charge on any atom is -0.480 e. The van der Waals surface area contributed by atoms with E-state index in [1.807, 2.05) is 6.92 Å². The van der Waals surface area contributed by atoms with Crippen LogP contribution >= 0.6 is 7.52 Å². The first-order chi connectivity index (χ1) is 15.6. The normalized spacial score (nSPS) is 15.2. The average molecular weight is 484 g/mol. The Morgan fingerprint density at radius 3 is 2.67 bits per heavy atom. The van der Waals surface area contributed by atoms with Crippen LogP contribution in [-0.4, -0.2) is 66.0 Å². The van der Waals surface area contributed by atoms with Gasteiger partial charge in [-0.15, -0.1) is 0 Å². The third-order valence-corrected chi connectivity index (χ3v) is 7.08. The van der Waals surface area contributed by atoms with Crippen LogP contribution in [0.3, 0.4) is 0 Å². The number of imidazole rings is 1. The number of fused-ring (bicyclic) bond motifs is 1. The predicted molar refractivity (Wildman–Crippen MR) is 126 cm³/mol. The van der Waals surface area contributed by atoms with Gasteiger partial charge in [0.25, 0.3) is 0 Å². The zero-order chi connectivity index (χ0) is 24.6. The number of rotatable bonds is 14. The molecule has 3 atom stereocenters. The minimum atomic E-state index is -3.76. The third kappa shape index (κ3) is 7.21. The molecule has 12 nitrogen and oxygen atoms in total. The van der Waals surface area contributed by atoms with Crippen LogP contribution in [0.15, 0.2) is 17.8 Å². The summed E-state index contributed by atoms with van der Waals surface area (Å²) in [4.78, 5) is 24.1. The molecule has 0 aliphatic rings. The van der Waals surface area contributed by atoms with Crippen molar-refractivity contribution in [2.75, 3.05) is 18.6 Å². The highest BCUT2D eigenvalue weighted by molar-refractivity contribution is 7.56. The number of carboxylic acid groups (broad SMARTS) is 1. The number of nitrogen functional groups attached to an aromatic ring is 1. The summed E-state index contributed by atoms with van der Waals surface area (Å²) < 4.78 is 28.3. The Labute approximate surface area is 193 Å². The minimum absolute atomic E-state index is 0.281. The molecule has 2 heterocycles. The first-order valence-corrected chi connectivity index (χ1v) is 12.7. The first kappa shape index (κ1) is 26.7. The molecular weight excluding hydrogens is 449 g/mol. The number of hydrogen-bond donors (Lipinski definition) is 2. The van der Waals surface area contributed by atoms with Crippen molar-refractivity contribution in [3.8, 4) is 0 Å². The summed E-state index contributed by atoms with van der Waals surface area (Å²) in [7, 11) is -3.76. The molecular formula is C20H34N7O5P. The van der Waals surface area contributed by atoms with E-state index >= 15 is 0 Å².